The molecule has 5 rings (SSSR count). The highest BCUT2D eigenvalue weighted by molar-refractivity contribution is 5.05. The summed E-state index contributed by atoms with van der Waals surface area (Å²) in [6, 6.07) is 0.748. The van der Waals surface area contributed by atoms with Crippen LogP contribution >= 0.6 is 0 Å². The van der Waals surface area contributed by atoms with Crippen molar-refractivity contribution < 1.29 is 4.52 Å². The topological polar surface area (TPSA) is 85.8 Å². The molecule has 2 aromatic heterocycles. The molecule has 1 saturated heterocycles. The van der Waals surface area contributed by atoms with Crippen molar-refractivity contribution in [1.82, 2.24) is 35.2 Å². The number of likely N-dealkylation sites (tertiary alicyclic amines) is 1. The quantitative estimate of drug-likeness (QED) is 0.829. The lowest BCUT2D eigenvalue weighted by molar-refractivity contribution is 0.224. The van der Waals surface area contributed by atoms with Gasteiger partial charge in [0.1, 0.15) is 0 Å². The van der Waals surface area contributed by atoms with Gasteiger partial charge in [0.05, 0.1) is 18.6 Å². The molecular formula is C14H19N7O. The Labute approximate surface area is 127 Å². The maximum Gasteiger partial charge on any atom is 0.229 e. The highest BCUT2D eigenvalue weighted by Gasteiger charge is 2.35. The lowest BCUT2D eigenvalue weighted by Crippen LogP contribution is -2.25. The van der Waals surface area contributed by atoms with Crippen LogP contribution in [0.5, 0.6) is 0 Å². The Morgan fingerprint density at radius 1 is 1.14 bits per heavy atom. The fourth-order valence-corrected chi connectivity index (χ4v) is 3.29. The smallest absolute Gasteiger partial charge is 0.229 e. The Morgan fingerprint density at radius 3 is 2.86 bits per heavy atom. The van der Waals surface area contributed by atoms with Crippen LogP contribution in [0.1, 0.15) is 74.1 Å². The third-order valence-corrected chi connectivity index (χ3v) is 4.84. The highest BCUT2D eigenvalue weighted by Crippen LogP contribution is 2.40. The largest absolute Gasteiger partial charge is 0.339 e. The van der Waals surface area contributed by atoms with Crippen LogP contribution in [0.25, 0.3) is 0 Å². The van der Waals surface area contributed by atoms with Gasteiger partial charge < -0.3 is 4.52 Å². The lowest BCUT2D eigenvalue weighted by Gasteiger charge is -2.20. The van der Waals surface area contributed by atoms with E-state index in [1.807, 2.05) is 4.68 Å². The zero-order valence-corrected chi connectivity index (χ0v) is 12.4. The van der Waals surface area contributed by atoms with E-state index in [0.717, 1.165) is 43.5 Å². The molecular weight excluding hydrogens is 282 g/mol. The maximum atomic E-state index is 5.42. The van der Waals surface area contributed by atoms with Crippen molar-refractivity contribution in [1.29, 1.82) is 0 Å². The van der Waals surface area contributed by atoms with Crippen molar-refractivity contribution in [2.45, 2.75) is 63.1 Å². The number of tetrazole rings is 1. The predicted octanol–water partition coefficient (Wildman–Crippen LogP) is 1.61. The Morgan fingerprint density at radius 2 is 2.05 bits per heavy atom. The summed E-state index contributed by atoms with van der Waals surface area (Å²) in [6.45, 7) is 1.80. The fraction of sp³-hybridized carbons (Fsp3) is 0.786. The van der Waals surface area contributed by atoms with Gasteiger partial charge >= 0.3 is 0 Å². The number of aromatic nitrogens is 6. The average molecular weight is 301 g/mol. The van der Waals surface area contributed by atoms with E-state index in [9.17, 15) is 0 Å². The summed E-state index contributed by atoms with van der Waals surface area (Å²) in [5.74, 6) is 3.13. The van der Waals surface area contributed by atoms with Gasteiger partial charge in [-0.05, 0) is 55.5 Å². The van der Waals surface area contributed by atoms with E-state index in [4.69, 9.17) is 4.52 Å². The van der Waals surface area contributed by atoms with Crippen LogP contribution in [0.15, 0.2) is 4.52 Å². The van der Waals surface area contributed by atoms with Crippen LogP contribution in [0.2, 0.25) is 0 Å². The highest BCUT2D eigenvalue weighted by atomic mass is 16.5. The molecule has 8 heteroatoms. The number of rotatable bonds is 5. The molecule has 8 nitrogen and oxygen atoms in total. The van der Waals surface area contributed by atoms with Gasteiger partial charge in [0.15, 0.2) is 11.6 Å². The van der Waals surface area contributed by atoms with Crippen LogP contribution in [-0.2, 0) is 6.54 Å². The summed E-state index contributed by atoms with van der Waals surface area (Å²) < 4.78 is 7.41. The molecule has 0 N–H and O–H groups in total. The standard InChI is InChI=1S/C14H19N7O/c1-2-11(13-15-14(22-17-13)9-3-4-9)20(7-1)8-12-16-18-19-21(12)10-5-6-10/h9-11H,1-8H2/t11-/m0/s1. The summed E-state index contributed by atoms with van der Waals surface area (Å²) in [5, 5.41) is 16.4. The molecule has 1 atom stereocenters. The van der Waals surface area contributed by atoms with E-state index in [0.29, 0.717) is 12.0 Å². The number of hydrogen-bond donors (Lipinski definition) is 0. The third-order valence-electron chi connectivity index (χ3n) is 4.84. The molecule has 0 bridgehead atoms. The van der Waals surface area contributed by atoms with E-state index in [2.05, 4.69) is 30.6 Å². The molecule has 22 heavy (non-hydrogen) atoms. The molecule has 0 aromatic carbocycles. The lowest BCUT2D eigenvalue weighted by atomic mass is 10.2. The van der Waals surface area contributed by atoms with Crippen molar-refractivity contribution in [2.75, 3.05) is 6.54 Å². The molecule has 116 valence electrons. The van der Waals surface area contributed by atoms with Crippen molar-refractivity contribution in [3.63, 3.8) is 0 Å². The van der Waals surface area contributed by atoms with Gasteiger partial charge in [-0.1, -0.05) is 5.16 Å². The second-order valence-corrected chi connectivity index (χ2v) is 6.66. The normalized spacial score (nSPS) is 25.9. The molecule has 0 spiro atoms. The molecule has 3 heterocycles. The first-order chi connectivity index (χ1) is 10.9. The minimum Gasteiger partial charge on any atom is -0.339 e. The van der Waals surface area contributed by atoms with Gasteiger partial charge in [0, 0.05) is 5.92 Å². The van der Waals surface area contributed by atoms with Gasteiger partial charge in [-0.25, -0.2) is 4.68 Å². The monoisotopic (exact) mass is 301 g/mol. The summed E-state index contributed by atoms with van der Waals surface area (Å²) >= 11 is 0. The van der Waals surface area contributed by atoms with E-state index < -0.39 is 0 Å². The minimum atomic E-state index is 0.237. The van der Waals surface area contributed by atoms with E-state index in [1.54, 1.807) is 0 Å². The first kappa shape index (κ1) is 12.7. The Balaban J connectivity index is 1.35. The Bertz CT molecular complexity index is 672. The van der Waals surface area contributed by atoms with Crippen molar-refractivity contribution in [3.8, 4) is 0 Å². The molecule has 2 saturated carbocycles. The van der Waals surface area contributed by atoms with Crippen LogP contribution in [-0.4, -0.2) is 41.8 Å². The molecule has 0 radical (unpaired) electrons. The maximum absolute atomic E-state index is 5.42. The Hall–Kier alpha value is -1.83. The Kier molecular flexibility index (Phi) is 2.79. The molecule has 0 unspecified atom stereocenters. The minimum absolute atomic E-state index is 0.237. The van der Waals surface area contributed by atoms with Crippen LogP contribution in [0, 0.1) is 0 Å². The van der Waals surface area contributed by atoms with Crippen molar-refractivity contribution >= 4 is 0 Å². The first-order valence-corrected chi connectivity index (χ1v) is 8.23. The fourth-order valence-electron chi connectivity index (χ4n) is 3.29. The predicted molar refractivity (Wildman–Crippen MR) is 74.7 cm³/mol. The zero-order chi connectivity index (χ0) is 14.5. The van der Waals surface area contributed by atoms with Crippen LogP contribution < -0.4 is 0 Å². The summed E-state index contributed by atoms with van der Waals surface area (Å²) in [5.41, 5.74) is 0. The molecule has 1 aliphatic heterocycles. The first-order valence-electron chi connectivity index (χ1n) is 8.23. The van der Waals surface area contributed by atoms with Gasteiger partial charge in [-0.15, -0.1) is 5.10 Å². The van der Waals surface area contributed by atoms with Crippen LogP contribution in [0.4, 0.5) is 0 Å². The number of nitrogens with zero attached hydrogens (tertiary/aromatic N) is 7. The second-order valence-electron chi connectivity index (χ2n) is 6.66. The summed E-state index contributed by atoms with van der Waals surface area (Å²) in [7, 11) is 0. The average Bonchev–Trinajstić information content (AvgIpc) is 3.41. The van der Waals surface area contributed by atoms with Gasteiger partial charge in [-0.3, -0.25) is 4.90 Å². The number of hydrogen-bond acceptors (Lipinski definition) is 7. The van der Waals surface area contributed by atoms with Gasteiger partial charge in [0.2, 0.25) is 5.89 Å². The van der Waals surface area contributed by atoms with Crippen molar-refractivity contribution in [3.05, 3.63) is 17.5 Å². The van der Waals surface area contributed by atoms with Crippen LogP contribution in [0.3, 0.4) is 0 Å². The van der Waals surface area contributed by atoms with E-state index in [-0.39, 0.29) is 6.04 Å². The van der Waals surface area contributed by atoms with Gasteiger partial charge in [-0.2, -0.15) is 4.98 Å². The summed E-state index contributed by atoms with van der Waals surface area (Å²) in [6.07, 6.45) is 6.99. The van der Waals surface area contributed by atoms with E-state index in [1.165, 1.54) is 25.7 Å². The molecule has 3 fully saturated rings. The van der Waals surface area contributed by atoms with E-state index >= 15 is 0 Å². The molecule has 0 amide bonds. The molecule has 2 aliphatic carbocycles. The zero-order valence-electron chi connectivity index (χ0n) is 12.4. The summed E-state index contributed by atoms with van der Waals surface area (Å²) in [4.78, 5) is 7.01. The molecule has 2 aromatic rings. The van der Waals surface area contributed by atoms with Crippen molar-refractivity contribution in [2.24, 2.45) is 0 Å². The second kappa shape index (κ2) is 4.84. The molecule has 3 aliphatic rings. The third kappa shape index (κ3) is 2.22. The van der Waals surface area contributed by atoms with Gasteiger partial charge in [0.25, 0.3) is 0 Å². The SMILES string of the molecule is C1C[C@@H](c2noc(C3CC3)n2)N(Cc2nnnn2C2CC2)C1.